The van der Waals surface area contributed by atoms with Crippen LogP contribution in [0.25, 0.3) is 0 Å². The van der Waals surface area contributed by atoms with E-state index in [1.807, 2.05) is 6.92 Å². The first kappa shape index (κ1) is 20.1. The van der Waals surface area contributed by atoms with Crippen molar-refractivity contribution in [2.45, 2.75) is 32.4 Å². The minimum Gasteiger partial charge on any atom is -0.320 e. The van der Waals surface area contributed by atoms with Gasteiger partial charge in [0.2, 0.25) is 5.91 Å². The van der Waals surface area contributed by atoms with E-state index >= 15 is 0 Å². The fraction of sp³-hybridized carbons (Fsp3) is 0.278. The Morgan fingerprint density at radius 1 is 1.12 bits per heavy atom. The molecule has 1 unspecified atom stereocenters. The van der Waals surface area contributed by atoms with Gasteiger partial charge in [-0.25, -0.2) is 8.78 Å². The number of benzene rings is 2. The average molecular weight is 355 g/mol. The zero-order chi connectivity index (χ0) is 16.8. The summed E-state index contributed by atoms with van der Waals surface area (Å²) in [6, 6.07) is 11.1. The summed E-state index contributed by atoms with van der Waals surface area (Å²) in [6.45, 7) is 1.99. The minimum atomic E-state index is -0.670. The molecule has 2 aromatic rings. The number of hydrogen-bond acceptors (Lipinski definition) is 2. The van der Waals surface area contributed by atoms with E-state index in [1.165, 1.54) is 35.2 Å². The third-order valence-corrected chi connectivity index (χ3v) is 3.61. The molecule has 0 saturated carbocycles. The highest BCUT2D eigenvalue weighted by atomic mass is 35.5. The van der Waals surface area contributed by atoms with Gasteiger partial charge in [0.15, 0.2) is 0 Å². The number of nitrogens with zero attached hydrogens (tertiary/aromatic N) is 1. The van der Waals surface area contributed by atoms with Gasteiger partial charge in [-0.2, -0.15) is 0 Å². The van der Waals surface area contributed by atoms with E-state index in [-0.39, 0.29) is 24.9 Å². The van der Waals surface area contributed by atoms with Crippen molar-refractivity contribution in [2.24, 2.45) is 5.73 Å². The SMILES string of the molecule is CCCC(N)C(=O)N(Cc1ccccc1F)c1ccc(F)cc1.Cl. The zero-order valence-electron chi connectivity index (χ0n) is 13.4. The van der Waals surface area contributed by atoms with Crippen LogP contribution in [0.5, 0.6) is 0 Å². The molecule has 0 aliphatic rings. The first-order chi connectivity index (χ1) is 11.0. The normalized spacial score (nSPS) is 11.5. The molecule has 0 bridgehead atoms. The molecule has 0 heterocycles. The molecule has 0 spiro atoms. The molecule has 0 aromatic heterocycles. The first-order valence-electron chi connectivity index (χ1n) is 7.59. The van der Waals surface area contributed by atoms with Crippen LogP contribution in [0.1, 0.15) is 25.3 Å². The Hall–Kier alpha value is -1.98. The second kappa shape index (κ2) is 9.35. The lowest BCUT2D eigenvalue weighted by atomic mass is 10.1. The monoisotopic (exact) mass is 354 g/mol. The summed E-state index contributed by atoms with van der Waals surface area (Å²) in [5.74, 6) is -1.09. The quantitative estimate of drug-likeness (QED) is 0.850. The summed E-state index contributed by atoms with van der Waals surface area (Å²) in [5.41, 5.74) is 6.80. The molecule has 2 N–H and O–H groups in total. The molecule has 1 atom stereocenters. The maximum absolute atomic E-state index is 13.9. The minimum absolute atomic E-state index is 0. The van der Waals surface area contributed by atoms with Crippen molar-refractivity contribution in [3.63, 3.8) is 0 Å². The highest BCUT2D eigenvalue weighted by Gasteiger charge is 2.23. The third-order valence-electron chi connectivity index (χ3n) is 3.61. The lowest BCUT2D eigenvalue weighted by Crippen LogP contribution is -2.43. The van der Waals surface area contributed by atoms with Crippen molar-refractivity contribution < 1.29 is 13.6 Å². The summed E-state index contributed by atoms with van der Waals surface area (Å²) in [5, 5.41) is 0. The Labute approximate surface area is 146 Å². The van der Waals surface area contributed by atoms with Crippen LogP contribution in [0.3, 0.4) is 0 Å². The summed E-state index contributed by atoms with van der Waals surface area (Å²) in [7, 11) is 0. The maximum atomic E-state index is 13.9. The van der Waals surface area contributed by atoms with Gasteiger partial charge in [0, 0.05) is 11.3 Å². The van der Waals surface area contributed by atoms with Gasteiger partial charge < -0.3 is 10.6 Å². The molecule has 3 nitrogen and oxygen atoms in total. The van der Waals surface area contributed by atoms with Crippen LogP contribution in [-0.4, -0.2) is 11.9 Å². The standard InChI is InChI=1S/C18H20F2N2O.ClH/c1-2-5-17(21)18(23)22(15-10-8-14(19)9-11-15)12-13-6-3-4-7-16(13)20;/h3-4,6-11,17H,2,5,12,21H2,1H3;1H. The number of amides is 1. The molecule has 2 aromatic carbocycles. The second-order valence-electron chi connectivity index (χ2n) is 5.39. The van der Waals surface area contributed by atoms with Crippen LogP contribution in [0.15, 0.2) is 48.5 Å². The lowest BCUT2D eigenvalue weighted by Gasteiger charge is -2.26. The molecule has 0 aliphatic carbocycles. The van der Waals surface area contributed by atoms with Gasteiger partial charge in [-0.15, -0.1) is 12.4 Å². The van der Waals surface area contributed by atoms with E-state index < -0.39 is 17.7 Å². The van der Waals surface area contributed by atoms with Crippen LogP contribution >= 0.6 is 12.4 Å². The number of carbonyl (C=O) groups is 1. The van der Waals surface area contributed by atoms with E-state index in [2.05, 4.69) is 0 Å². The van der Waals surface area contributed by atoms with Crippen LogP contribution in [0, 0.1) is 11.6 Å². The fourth-order valence-electron chi connectivity index (χ4n) is 2.35. The van der Waals surface area contributed by atoms with Gasteiger partial charge in [0.1, 0.15) is 11.6 Å². The summed E-state index contributed by atoms with van der Waals surface area (Å²) in [4.78, 5) is 14.0. The van der Waals surface area contributed by atoms with Crippen LogP contribution < -0.4 is 10.6 Å². The van der Waals surface area contributed by atoms with E-state index in [4.69, 9.17) is 5.73 Å². The Morgan fingerprint density at radius 3 is 2.33 bits per heavy atom. The van der Waals surface area contributed by atoms with Crippen molar-refractivity contribution in [3.05, 3.63) is 65.7 Å². The van der Waals surface area contributed by atoms with E-state index in [9.17, 15) is 13.6 Å². The van der Waals surface area contributed by atoms with E-state index in [0.717, 1.165) is 6.42 Å². The molecule has 0 fully saturated rings. The van der Waals surface area contributed by atoms with Crippen molar-refractivity contribution >= 4 is 24.0 Å². The van der Waals surface area contributed by atoms with E-state index in [0.29, 0.717) is 17.7 Å². The van der Waals surface area contributed by atoms with Crippen LogP contribution in [-0.2, 0) is 11.3 Å². The van der Waals surface area contributed by atoms with Gasteiger partial charge in [-0.05, 0) is 36.8 Å². The highest BCUT2D eigenvalue weighted by Crippen LogP contribution is 2.21. The van der Waals surface area contributed by atoms with Crippen LogP contribution in [0.2, 0.25) is 0 Å². The maximum Gasteiger partial charge on any atom is 0.244 e. The number of rotatable bonds is 6. The Balaban J connectivity index is 0.00000288. The van der Waals surface area contributed by atoms with E-state index in [1.54, 1.807) is 18.2 Å². The van der Waals surface area contributed by atoms with Gasteiger partial charge in [0.25, 0.3) is 0 Å². The summed E-state index contributed by atoms with van der Waals surface area (Å²) in [6.07, 6.45) is 1.30. The fourth-order valence-corrected chi connectivity index (χ4v) is 2.35. The molecule has 2 rings (SSSR count). The molecule has 1 amide bonds. The van der Waals surface area contributed by atoms with Gasteiger partial charge in [-0.1, -0.05) is 31.5 Å². The van der Waals surface area contributed by atoms with Gasteiger partial charge in [-0.3, -0.25) is 4.79 Å². The number of nitrogens with two attached hydrogens (primary N) is 1. The molecule has 0 radical (unpaired) electrons. The molecule has 6 heteroatoms. The van der Waals surface area contributed by atoms with Crippen molar-refractivity contribution in [1.82, 2.24) is 0 Å². The number of carbonyl (C=O) groups excluding carboxylic acids is 1. The molecule has 0 aliphatic heterocycles. The number of anilines is 1. The molecular weight excluding hydrogens is 334 g/mol. The van der Waals surface area contributed by atoms with Gasteiger partial charge >= 0.3 is 0 Å². The second-order valence-corrected chi connectivity index (χ2v) is 5.39. The molecule has 24 heavy (non-hydrogen) atoms. The molecule has 0 saturated heterocycles. The zero-order valence-corrected chi connectivity index (χ0v) is 14.2. The Bertz CT molecular complexity index is 664. The number of halogens is 3. The smallest absolute Gasteiger partial charge is 0.244 e. The van der Waals surface area contributed by atoms with Crippen molar-refractivity contribution in [3.8, 4) is 0 Å². The van der Waals surface area contributed by atoms with Crippen LogP contribution in [0.4, 0.5) is 14.5 Å². The Morgan fingerprint density at radius 2 is 1.75 bits per heavy atom. The van der Waals surface area contributed by atoms with Gasteiger partial charge in [0.05, 0.1) is 12.6 Å². The molecular formula is C18H21ClF2N2O. The highest BCUT2D eigenvalue weighted by molar-refractivity contribution is 5.96. The van der Waals surface area contributed by atoms with Crippen molar-refractivity contribution in [2.75, 3.05) is 4.90 Å². The lowest BCUT2D eigenvalue weighted by molar-refractivity contribution is -0.120. The largest absolute Gasteiger partial charge is 0.320 e. The summed E-state index contributed by atoms with van der Waals surface area (Å²) < 4.78 is 27.0. The summed E-state index contributed by atoms with van der Waals surface area (Å²) >= 11 is 0. The third kappa shape index (κ3) is 5.01. The average Bonchev–Trinajstić information content (AvgIpc) is 2.55. The predicted molar refractivity (Wildman–Crippen MR) is 94.1 cm³/mol. The topological polar surface area (TPSA) is 46.3 Å². The number of hydrogen-bond donors (Lipinski definition) is 1. The Kier molecular flexibility index (Phi) is 7.82. The van der Waals surface area contributed by atoms with Crippen molar-refractivity contribution in [1.29, 1.82) is 0 Å². The molecule has 130 valence electrons. The predicted octanol–water partition coefficient (Wildman–Crippen LogP) is 4.05. The first-order valence-corrected chi connectivity index (χ1v) is 7.59.